The summed E-state index contributed by atoms with van der Waals surface area (Å²) in [5, 5.41) is 3.26. The number of hydrogen-bond acceptors (Lipinski definition) is 5. The van der Waals surface area contributed by atoms with E-state index in [2.05, 4.69) is 27.1 Å². The van der Waals surface area contributed by atoms with E-state index in [9.17, 15) is 0 Å². The van der Waals surface area contributed by atoms with E-state index in [1.165, 1.54) is 12.8 Å². The molecule has 1 aromatic rings. The maximum Gasteiger partial charge on any atom is 0.134 e. The van der Waals surface area contributed by atoms with Gasteiger partial charge in [-0.05, 0) is 39.7 Å². The first-order valence-electron chi connectivity index (χ1n) is 6.81. The van der Waals surface area contributed by atoms with E-state index in [0.717, 1.165) is 43.5 Å². The Hall–Kier alpha value is -1.36. The van der Waals surface area contributed by atoms with E-state index in [4.69, 9.17) is 5.73 Å². The van der Waals surface area contributed by atoms with Crippen LogP contribution >= 0.6 is 0 Å². The van der Waals surface area contributed by atoms with Gasteiger partial charge in [0.05, 0.1) is 0 Å². The lowest BCUT2D eigenvalue weighted by molar-refractivity contribution is 0.613. The molecule has 0 spiro atoms. The van der Waals surface area contributed by atoms with E-state index in [1.54, 1.807) is 0 Å². The van der Waals surface area contributed by atoms with Crippen LogP contribution in [0.15, 0.2) is 6.07 Å². The summed E-state index contributed by atoms with van der Waals surface area (Å²) in [5.41, 5.74) is 5.68. The van der Waals surface area contributed by atoms with Gasteiger partial charge in [0.25, 0.3) is 0 Å². The first-order valence-corrected chi connectivity index (χ1v) is 6.81. The molecule has 5 heteroatoms. The molecule has 100 valence electrons. The Morgan fingerprint density at radius 3 is 3.06 bits per heavy atom. The molecule has 2 heterocycles. The van der Waals surface area contributed by atoms with Crippen molar-refractivity contribution in [3.05, 3.63) is 11.9 Å². The third-order valence-electron chi connectivity index (χ3n) is 3.35. The van der Waals surface area contributed by atoms with E-state index >= 15 is 0 Å². The molecule has 2 rings (SSSR count). The molecule has 0 bridgehead atoms. The highest BCUT2D eigenvalue weighted by atomic mass is 15.2. The smallest absolute Gasteiger partial charge is 0.134 e. The maximum absolute atomic E-state index is 5.68. The Bertz CT molecular complexity index is 393. The Kier molecular flexibility index (Phi) is 4.36. The van der Waals surface area contributed by atoms with Crippen molar-refractivity contribution in [3.63, 3.8) is 0 Å². The Morgan fingerprint density at radius 2 is 2.33 bits per heavy atom. The van der Waals surface area contributed by atoms with E-state index in [-0.39, 0.29) is 0 Å². The predicted molar refractivity (Wildman–Crippen MR) is 75.0 cm³/mol. The van der Waals surface area contributed by atoms with Gasteiger partial charge < -0.3 is 16.0 Å². The molecule has 1 aromatic heterocycles. The topological polar surface area (TPSA) is 67.1 Å². The zero-order chi connectivity index (χ0) is 13.0. The standard InChI is InChI=1S/C13H23N5/c1-3-15-12-9-13(17-10(2)16-12)18-8-4-5-11(18)6-7-14/h9,11H,3-8,14H2,1-2H3,(H,15,16,17). The third kappa shape index (κ3) is 2.90. The number of aromatic nitrogens is 2. The molecule has 1 aliphatic heterocycles. The van der Waals surface area contributed by atoms with E-state index in [1.807, 2.05) is 13.0 Å². The normalized spacial score (nSPS) is 19.3. The molecule has 3 N–H and O–H groups in total. The molecular weight excluding hydrogens is 226 g/mol. The van der Waals surface area contributed by atoms with Crippen LogP contribution in [0.4, 0.5) is 11.6 Å². The first-order chi connectivity index (χ1) is 8.74. The number of anilines is 2. The van der Waals surface area contributed by atoms with Crippen molar-refractivity contribution in [2.75, 3.05) is 29.9 Å². The highest BCUT2D eigenvalue weighted by molar-refractivity contribution is 5.50. The Balaban J connectivity index is 2.20. The number of nitrogens with two attached hydrogens (primary N) is 1. The van der Waals surface area contributed by atoms with Crippen LogP contribution in [-0.4, -0.2) is 35.6 Å². The summed E-state index contributed by atoms with van der Waals surface area (Å²) < 4.78 is 0. The van der Waals surface area contributed by atoms with Crippen molar-refractivity contribution in [1.29, 1.82) is 0 Å². The van der Waals surface area contributed by atoms with Crippen molar-refractivity contribution in [2.45, 2.75) is 39.2 Å². The molecular formula is C13H23N5. The third-order valence-corrected chi connectivity index (χ3v) is 3.35. The fourth-order valence-corrected chi connectivity index (χ4v) is 2.60. The molecule has 0 amide bonds. The van der Waals surface area contributed by atoms with Crippen LogP contribution in [0.1, 0.15) is 32.0 Å². The van der Waals surface area contributed by atoms with Gasteiger partial charge in [-0.1, -0.05) is 0 Å². The first kappa shape index (κ1) is 13.1. The summed E-state index contributed by atoms with van der Waals surface area (Å²) in [4.78, 5) is 11.3. The van der Waals surface area contributed by atoms with Crippen molar-refractivity contribution in [2.24, 2.45) is 5.73 Å². The van der Waals surface area contributed by atoms with E-state index < -0.39 is 0 Å². The lowest BCUT2D eigenvalue weighted by Gasteiger charge is -2.26. The minimum absolute atomic E-state index is 0.541. The maximum atomic E-state index is 5.68. The molecule has 1 aliphatic rings. The molecule has 5 nitrogen and oxygen atoms in total. The Labute approximate surface area is 109 Å². The van der Waals surface area contributed by atoms with Gasteiger partial charge in [-0.2, -0.15) is 0 Å². The minimum atomic E-state index is 0.541. The van der Waals surface area contributed by atoms with Crippen LogP contribution in [0.3, 0.4) is 0 Å². The van der Waals surface area contributed by atoms with Crippen molar-refractivity contribution in [3.8, 4) is 0 Å². The Morgan fingerprint density at radius 1 is 1.50 bits per heavy atom. The molecule has 1 unspecified atom stereocenters. The molecule has 0 radical (unpaired) electrons. The molecule has 1 saturated heterocycles. The van der Waals surface area contributed by atoms with Crippen LogP contribution in [0, 0.1) is 6.92 Å². The van der Waals surface area contributed by atoms with Gasteiger partial charge in [0.1, 0.15) is 17.5 Å². The van der Waals surface area contributed by atoms with Crippen LogP contribution in [0.5, 0.6) is 0 Å². The average molecular weight is 249 g/mol. The summed E-state index contributed by atoms with van der Waals surface area (Å²) in [6.45, 7) is 6.71. The summed E-state index contributed by atoms with van der Waals surface area (Å²) in [5.74, 6) is 2.77. The van der Waals surface area contributed by atoms with Crippen LogP contribution < -0.4 is 16.0 Å². The highest BCUT2D eigenvalue weighted by Crippen LogP contribution is 2.26. The fraction of sp³-hybridized carbons (Fsp3) is 0.692. The second-order valence-corrected chi connectivity index (χ2v) is 4.76. The zero-order valence-electron chi connectivity index (χ0n) is 11.3. The van der Waals surface area contributed by atoms with Gasteiger partial charge in [-0.3, -0.25) is 0 Å². The highest BCUT2D eigenvalue weighted by Gasteiger charge is 2.25. The SMILES string of the molecule is CCNc1cc(N2CCCC2CCN)nc(C)n1. The van der Waals surface area contributed by atoms with E-state index in [0.29, 0.717) is 6.04 Å². The zero-order valence-corrected chi connectivity index (χ0v) is 11.3. The number of hydrogen-bond donors (Lipinski definition) is 2. The van der Waals surface area contributed by atoms with Gasteiger partial charge >= 0.3 is 0 Å². The lowest BCUT2D eigenvalue weighted by Crippen LogP contribution is -2.32. The number of rotatable bonds is 5. The molecule has 0 aliphatic carbocycles. The quantitative estimate of drug-likeness (QED) is 0.828. The van der Waals surface area contributed by atoms with Gasteiger partial charge in [0.2, 0.25) is 0 Å². The molecule has 0 aromatic carbocycles. The lowest BCUT2D eigenvalue weighted by atomic mass is 10.1. The minimum Gasteiger partial charge on any atom is -0.370 e. The molecule has 1 atom stereocenters. The van der Waals surface area contributed by atoms with Gasteiger partial charge in [0.15, 0.2) is 0 Å². The monoisotopic (exact) mass is 249 g/mol. The number of nitrogens with zero attached hydrogens (tertiary/aromatic N) is 3. The van der Waals surface area contributed by atoms with Crippen LogP contribution in [-0.2, 0) is 0 Å². The van der Waals surface area contributed by atoms with Crippen LogP contribution in [0.25, 0.3) is 0 Å². The van der Waals surface area contributed by atoms with Crippen LogP contribution in [0.2, 0.25) is 0 Å². The fourth-order valence-electron chi connectivity index (χ4n) is 2.60. The second kappa shape index (κ2) is 6.00. The summed E-state index contributed by atoms with van der Waals surface area (Å²) in [6.07, 6.45) is 3.49. The summed E-state index contributed by atoms with van der Waals surface area (Å²) in [6, 6.07) is 2.59. The molecule has 18 heavy (non-hydrogen) atoms. The summed E-state index contributed by atoms with van der Waals surface area (Å²) in [7, 11) is 0. The van der Waals surface area contributed by atoms with Crippen molar-refractivity contribution < 1.29 is 0 Å². The van der Waals surface area contributed by atoms with Gasteiger partial charge in [0, 0.05) is 25.2 Å². The number of nitrogens with one attached hydrogen (secondary N) is 1. The molecule has 0 saturated carbocycles. The van der Waals surface area contributed by atoms with Gasteiger partial charge in [-0.15, -0.1) is 0 Å². The van der Waals surface area contributed by atoms with Gasteiger partial charge in [-0.25, -0.2) is 9.97 Å². The van der Waals surface area contributed by atoms with Crippen molar-refractivity contribution in [1.82, 2.24) is 9.97 Å². The largest absolute Gasteiger partial charge is 0.370 e. The predicted octanol–water partition coefficient (Wildman–Crippen LogP) is 1.53. The molecule has 1 fully saturated rings. The van der Waals surface area contributed by atoms with Crippen molar-refractivity contribution >= 4 is 11.6 Å². The average Bonchev–Trinajstić information content (AvgIpc) is 2.77. The number of aryl methyl sites for hydroxylation is 1. The summed E-state index contributed by atoms with van der Waals surface area (Å²) >= 11 is 0. The second-order valence-electron chi connectivity index (χ2n) is 4.76.